The van der Waals surface area contributed by atoms with Crippen LogP contribution in [0.4, 0.5) is 0 Å². The van der Waals surface area contributed by atoms with Gasteiger partial charge in [0.2, 0.25) is 0 Å². The number of nitrogens with one attached hydrogen (secondary N) is 1. The second-order valence-electron chi connectivity index (χ2n) is 4.56. The van der Waals surface area contributed by atoms with E-state index in [2.05, 4.69) is 5.32 Å². The molecule has 18 heavy (non-hydrogen) atoms. The van der Waals surface area contributed by atoms with Gasteiger partial charge in [0.05, 0.1) is 6.61 Å². The van der Waals surface area contributed by atoms with E-state index in [1.54, 1.807) is 19.2 Å². The molecule has 0 aliphatic carbocycles. The summed E-state index contributed by atoms with van der Waals surface area (Å²) in [5.74, 6) is 0. The van der Waals surface area contributed by atoms with Crippen molar-refractivity contribution in [1.29, 1.82) is 0 Å². The van der Waals surface area contributed by atoms with Gasteiger partial charge in [-0.1, -0.05) is 23.2 Å². The summed E-state index contributed by atoms with van der Waals surface area (Å²) in [6.45, 7) is 3.21. The molecule has 0 saturated heterocycles. The Morgan fingerprint density at radius 3 is 2.72 bits per heavy atom. The third-order valence-corrected chi connectivity index (χ3v) is 3.44. The molecule has 2 N–H and O–H groups in total. The SMILES string of the molecule is COCC(C)(CCO)NCc1cc(Cl)ccc1Cl. The molecule has 0 aromatic heterocycles. The Bertz CT molecular complexity index is 379. The van der Waals surface area contributed by atoms with Crippen molar-refractivity contribution in [1.82, 2.24) is 5.32 Å². The molecule has 5 heteroatoms. The zero-order valence-electron chi connectivity index (χ0n) is 10.7. The first-order chi connectivity index (χ1) is 8.50. The highest BCUT2D eigenvalue weighted by Crippen LogP contribution is 2.21. The molecule has 0 radical (unpaired) electrons. The Morgan fingerprint density at radius 2 is 2.11 bits per heavy atom. The van der Waals surface area contributed by atoms with E-state index in [0.29, 0.717) is 29.6 Å². The van der Waals surface area contributed by atoms with Crippen LogP contribution >= 0.6 is 23.2 Å². The van der Waals surface area contributed by atoms with E-state index in [1.807, 2.05) is 13.0 Å². The van der Waals surface area contributed by atoms with E-state index in [-0.39, 0.29) is 12.1 Å². The first-order valence-corrected chi connectivity index (χ1v) is 6.55. The Balaban J connectivity index is 2.69. The van der Waals surface area contributed by atoms with Crippen molar-refractivity contribution in [2.24, 2.45) is 0 Å². The fourth-order valence-electron chi connectivity index (χ4n) is 1.76. The maximum absolute atomic E-state index is 9.08. The molecule has 1 aromatic rings. The molecule has 102 valence electrons. The number of aliphatic hydroxyl groups is 1. The van der Waals surface area contributed by atoms with Crippen molar-refractivity contribution < 1.29 is 9.84 Å². The van der Waals surface area contributed by atoms with E-state index >= 15 is 0 Å². The summed E-state index contributed by atoms with van der Waals surface area (Å²) >= 11 is 12.0. The summed E-state index contributed by atoms with van der Waals surface area (Å²) in [4.78, 5) is 0. The second kappa shape index (κ2) is 7.31. The fourth-order valence-corrected chi connectivity index (χ4v) is 2.14. The second-order valence-corrected chi connectivity index (χ2v) is 5.40. The van der Waals surface area contributed by atoms with Crippen molar-refractivity contribution in [3.05, 3.63) is 33.8 Å². The van der Waals surface area contributed by atoms with E-state index in [0.717, 1.165) is 5.56 Å². The predicted octanol–water partition coefficient (Wildman–Crippen LogP) is 2.87. The summed E-state index contributed by atoms with van der Waals surface area (Å²) in [6, 6.07) is 5.37. The van der Waals surface area contributed by atoms with Gasteiger partial charge in [-0.3, -0.25) is 0 Å². The molecular formula is C13H19Cl2NO2. The lowest BCUT2D eigenvalue weighted by molar-refractivity contribution is 0.0970. The molecule has 1 rings (SSSR count). The first-order valence-electron chi connectivity index (χ1n) is 5.79. The van der Waals surface area contributed by atoms with Gasteiger partial charge in [-0.25, -0.2) is 0 Å². The number of methoxy groups -OCH3 is 1. The number of aliphatic hydroxyl groups excluding tert-OH is 1. The van der Waals surface area contributed by atoms with Crippen LogP contribution < -0.4 is 5.32 Å². The number of ether oxygens (including phenoxy) is 1. The average Bonchev–Trinajstić information content (AvgIpc) is 2.31. The quantitative estimate of drug-likeness (QED) is 0.812. The minimum atomic E-state index is -0.283. The number of hydrogen-bond acceptors (Lipinski definition) is 3. The Labute approximate surface area is 118 Å². The monoisotopic (exact) mass is 291 g/mol. The third-order valence-electron chi connectivity index (χ3n) is 2.84. The van der Waals surface area contributed by atoms with Gasteiger partial charge in [-0.05, 0) is 37.1 Å². The number of halogens is 2. The Hall–Kier alpha value is -0.320. The normalized spacial score (nSPS) is 14.5. The van der Waals surface area contributed by atoms with Crippen molar-refractivity contribution in [2.45, 2.75) is 25.4 Å². The topological polar surface area (TPSA) is 41.5 Å². The minimum Gasteiger partial charge on any atom is -0.396 e. The van der Waals surface area contributed by atoms with Crippen molar-refractivity contribution in [3.8, 4) is 0 Å². The van der Waals surface area contributed by atoms with Crippen LogP contribution in [0.15, 0.2) is 18.2 Å². The highest BCUT2D eigenvalue weighted by molar-refractivity contribution is 6.33. The molecule has 0 fully saturated rings. The van der Waals surface area contributed by atoms with Gasteiger partial charge >= 0.3 is 0 Å². The molecule has 0 amide bonds. The van der Waals surface area contributed by atoms with Crippen LogP contribution in [0, 0.1) is 0 Å². The summed E-state index contributed by atoms with van der Waals surface area (Å²) in [7, 11) is 1.64. The molecular weight excluding hydrogens is 273 g/mol. The highest BCUT2D eigenvalue weighted by Gasteiger charge is 2.23. The summed E-state index contributed by atoms with van der Waals surface area (Å²) in [5.41, 5.74) is 0.652. The van der Waals surface area contributed by atoms with Crippen molar-refractivity contribution in [3.63, 3.8) is 0 Å². The van der Waals surface area contributed by atoms with Crippen LogP contribution in [0.3, 0.4) is 0 Å². The van der Waals surface area contributed by atoms with E-state index in [4.69, 9.17) is 33.0 Å². The van der Waals surface area contributed by atoms with Gasteiger partial charge in [0, 0.05) is 35.8 Å². The largest absolute Gasteiger partial charge is 0.396 e. The zero-order chi connectivity index (χ0) is 13.6. The van der Waals surface area contributed by atoms with Gasteiger partial charge < -0.3 is 15.2 Å². The summed E-state index contributed by atoms with van der Waals surface area (Å²) < 4.78 is 5.17. The molecule has 1 unspecified atom stereocenters. The molecule has 0 aliphatic heterocycles. The molecule has 1 atom stereocenters. The molecule has 1 aromatic carbocycles. The minimum absolute atomic E-state index is 0.107. The fraction of sp³-hybridized carbons (Fsp3) is 0.538. The molecule has 0 heterocycles. The number of benzene rings is 1. The Kier molecular flexibility index (Phi) is 6.39. The zero-order valence-corrected chi connectivity index (χ0v) is 12.2. The van der Waals surface area contributed by atoms with Crippen LogP contribution in [-0.2, 0) is 11.3 Å². The van der Waals surface area contributed by atoms with Crippen LogP contribution in [0.2, 0.25) is 10.0 Å². The molecule has 0 aliphatic rings. The lowest BCUT2D eigenvalue weighted by Gasteiger charge is -2.30. The van der Waals surface area contributed by atoms with Crippen LogP contribution in [-0.4, -0.2) is 31.0 Å². The lowest BCUT2D eigenvalue weighted by atomic mass is 9.99. The van der Waals surface area contributed by atoms with Crippen molar-refractivity contribution >= 4 is 23.2 Å². The molecule has 0 saturated carbocycles. The highest BCUT2D eigenvalue weighted by atomic mass is 35.5. The van der Waals surface area contributed by atoms with Crippen molar-refractivity contribution in [2.75, 3.05) is 20.3 Å². The smallest absolute Gasteiger partial charge is 0.0642 e. The van der Waals surface area contributed by atoms with E-state index in [9.17, 15) is 0 Å². The number of rotatable bonds is 7. The molecule has 3 nitrogen and oxygen atoms in total. The lowest BCUT2D eigenvalue weighted by Crippen LogP contribution is -2.46. The van der Waals surface area contributed by atoms with Gasteiger partial charge in [-0.15, -0.1) is 0 Å². The molecule has 0 bridgehead atoms. The molecule has 0 spiro atoms. The van der Waals surface area contributed by atoms with Gasteiger partial charge in [0.1, 0.15) is 0 Å². The maximum Gasteiger partial charge on any atom is 0.0642 e. The van der Waals surface area contributed by atoms with E-state index < -0.39 is 0 Å². The summed E-state index contributed by atoms with van der Waals surface area (Å²) in [5, 5.41) is 13.8. The van der Waals surface area contributed by atoms with Gasteiger partial charge in [0.25, 0.3) is 0 Å². The van der Waals surface area contributed by atoms with Crippen LogP contribution in [0.5, 0.6) is 0 Å². The predicted molar refractivity (Wildman–Crippen MR) is 75.3 cm³/mol. The van der Waals surface area contributed by atoms with Gasteiger partial charge in [0.15, 0.2) is 0 Å². The Morgan fingerprint density at radius 1 is 1.39 bits per heavy atom. The van der Waals surface area contributed by atoms with Crippen LogP contribution in [0.25, 0.3) is 0 Å². The first kappa shape index (κ1) is 15.7. The standard InChI is InChI=1S/C13H19Cl2NO2/c1-13(5-6-17,9-18-2)16-8-10-7-11(14)3-4-12(10)15/h3-4,7,16-17H,5-6,8-9H2,1-2H3. The third kappa shape index (κ3) is 4.75. The van der Waals surface area contributed by atoms with Crippen LogP contribution in [0.1, 0.15) is 18.9 Å². The maximum atomic E-state index is 9.08. The van der Waals surface area contributed by atoms with E-state index in [1.165, 1.54) is 0 Å². The number of hydrogen-bond donors (Lipinski definition) is 2. The average molecular weight is 292 g/mol. The summed E-state index contributed by atoms with van der Waals surface area (Å²) in [6.07, 6.45) is 0.610. The van der Waals surface area contributed by atoms with Gasteiger partial charge in [-0.2, -0.15) is 0 Å².